The number of hydrogen-bond acceptors (Lipinski definition) is 6. The second-order valence-corrected chi connectivity index (χ2v) is 9.82. The number of alkyl halides is 3. The van der Waals surface area contributed by atoms with Crippen molar-refractivity contribution in [1.29, 1.82) is 0 Å². The van der Waals surface area contributed by atoms with Crippen LogP contribution in [0.5, 0.6) is 0 Å². The number of rotatable bonds is 11. The molecule has 0 bridgehead atoms. The highest BCUT2D eigenvalue weighted by molar-refractivity contribution is 5.96. The minimum atomic E-state index is -4.76. The van der Waals surface area contributed by atoms with Crippen LogP contribution in [-0.2, 0) is 40.1 Å². The van der Waals surface area contributed by atoms with E-state index in [-0.39, 0.29) is 42.0 Å². The van der Waals surface area contributed by atoms with Crippen molar-refractivity contribution in [1.82, 2.24) is 15.6 Å². The molecular weight excluding hydrogens is 594 g/mol. The van der Waals surface area contributed by atoms with Gasteiger partial charge in [0.1, 0.15) is 25.1 Å². The zero-order valence-electron chi connectivity index (χ0n) is 24.1. The molecule has 12 heteroatoms. The number of esters is 1. The number of pyridine rings is 1. The lowest BCUT2D eigenvalue weighted by molar-refractivity contribution is -0.147. The van der Waals surface area contributed by atoms with Gasteiger partial charge in [0.25, 0.3) is 5.91 Å². The van der Waals surface area contributed by atoms with E-state index >= 15 is 0 Å². The highest BCUT2D eigenvalue weighted by Crippen LogP contribution is 2.39. The molecule has 2 amide bonds. The normalized spacial score (nSPS) is 11.8. The first-order valence-corrected chi connectivity index (χ1v) is 13.9. The molecule has 1 atom stereocenters. The van der Waals surface area contributed by atoms with E-state index in [1.807, 2.05) is 0 Å². The maximum Gasteiger partial charge on any atom is 0.417 e. The molecule has 0 aliphatic rings. The van der Waals surface area contributed by atoms with E-state index in [9.17, 15) is 31.9 Å². The van der Waals surface area contributed by atoms with Gasteiger partial charge in [-0.3, -0.25) is 9.78 Å². The maximum absolute atomic E-state index is 14.7. The molecule has 0 saturated heterocycles. The molecule has 8 nitrogen and oxygen atoms in total. The average molecular weight is 624 g/mol. The van der Waals surface area contributed by atoms with Crippen molar-refractivity contribution in [3.05, 3.63) is 125 Å². The van der Waals surface area contributed by atoms with Gasteiger partial charge >= 0.3 is 18.2 Å². The number of benzene rings is 3. The molecule has 0 aliphatic heterocycles. The van der Waals surface area contributed by atoms with Crippen molar-refractivity contribution in [2.75, 3.05) is 6.54 Å². The van der Waals surface area contributed by atoms with Crippen LogP contribution in [-0.4, -0.2) is 35.5 Å². The van der Waals surface area contributed by atoms with Crippen LogP contribution in [0.25, 0.3) is 11.1 Å². The quantitative estimate of drug-likeness (QED) is 0.151. The van der Waals surface area contributed by atoms with Crippen LogP contribution in [0, 0.1) is 5.82 Å². The van der Waals surface area contributed by atoms with Crippen molar-refractivity contribution in [3.8, 4) is 11.1 Å². The molecule has 2 N–H and O–H groups in total. The Morgan fingerprint density at radius 1 is 0.867 bits per heavy atom. The Hall–Kier alpha value is -5.26. The van der Waals surface area contributed by atoms with Gasteiger partial charge in [-0.05, 0) is 47.4 Å². The van der Waals surface area contributed by atoms with Gasteiger partial charge in [0, 0.05) is 29.6 Å². The lowest BCUT2D eigenvalue weighted by Crippen LogP contribution is -2.49. The largest absolute Gasteiger partial charge is 0.459 e. The summed E-state index contributed by atoms with van der Waals surface area (Å²) in [6.07, 6.45) is -4.58. The number of nitrogens with one attached hydrogen (secondary N) is 2. The van der Waals surface area contributed by atoms with Gasteiger partial charge in [0.05, 0.1) is 5.56 Å². The molecule has 4 rings (SSSR count). The van der Waals surface area contributed by atoms with E-state index in [4.69, 9.17) is 9.47 Å². The van der Waals surface area contributed by atoms with Crippen LogP contribution in [0.2, 0.25) is 0 Å². The number of alkyl carbamates (subject to hydrolysis) is 1. The molecule has 0 radical (unpaired) electrons. The first kappa shape index (κ1) is 32.6. The standard InChI is InChI=1S/C33H29F4N3O5/c1-2-27-29(26(13-14-38-27)33(35,36)37)23-15-24(17-25(34)16-23)30(41)39-18-28(31(42)44-19-21-9-5-3-6-10-21)40-32(43)45-20-22-11-7-4-8-12-22/h3-17,28H,2,18-20H2,1H3,(H,39,41)(H,40,43)/t28-/m1/s1. The Balaban J connectivity index is 1.52. The van der Waals surface area contributed by atoms with E-state index < -0.39 is 48.1 Å². The molecule has 4 aromatic rings. The number of amides is 2. The molecule has 1 heterocycles. The molecule has 0 fully saturated rings. The van der Waals surface area contributed by atoms with E-state index in [1.165, 1.54) is 0 Å². The number of carbonyl (C=O) groups is 3. The van der Waals surface area contributed by atoms with Gasteiger partial charge in [-0.1, -0.05) is 67.6 Å². The Morgan fingerprint density at radius 2 is 1.49 bits per heavy atom. The second-order valence-electron chi connectivity index (χ2n) is 9.82. The van der Waals surface area contributed by atoms with Crippen LogP contribution in [0.3, 0.4) is 0 Å². The lowest BCUT2D eigenvalue weighted by Gasteiger charge is -2.19. The number of ether oxygens (including phenoxy) is 2. The van der Waals surface area contributed by atoms with Gasteiger partial charge in [-0.15, -0.1) is 0 Å². The summed E-state index contributed by atoms with van der Waals surface area (Å²) in [6.45, 7) is 0.892. The first-order valence-electron chi connectivity index (χ1n) is 13.9. The molecule has 1 aromatic heterocycles. The highest BCUT2D eigenvalue weighted by Gasteiger charge is 2.35. The summed E-state index contributed by atoms with van der Waals surface area (Å²) in [6, 6.07) is 19.7. The predicted molar refractivity (Wildman–Crippen MR) is 156 cm³/mol. The van der Waals surface area contributed by atoms with Crippen molar-refractivity contribution >= 4 is 18.0 Å². The zero-order valence-corrected chi connectivity index (χ0v) is 24.1. The molecule has 0 unspecified atom stereocenters. The fraction of sp³-hybridized carbons (Fsp3) is 0.212. The van der Waals surface area contributed by atoms with Gasteiger partial charge in [0.2, 0.25) is 0 Å². The summed E-state index contributed by atoms with van der Waals surface area (Å²) >= 11 is 0. The van der Waals surface area contributed by atoms with Crippen LogP contribution >= 0.6 is 0 Å². The third-order valence-corrected chi connectivity index (χ3v) is 6.60. The third-order valence-electron chi connectivity index (χ3n) is 6.60. The van der Waals surface area contributed by atoms with Crippen molar-refractivity contribution in [2.45, 2.75) is 38.8 Å². The topological polar surface area (TPSA) is 107 Å². The van der Waals surface area contributed by atoms with Crippen LogP contribution in [0.4, 0.5) is 22.4 Å². The number of nitrogens with zero attached hydrogens (tertiary/aromatic N) is 1. The SMILES string of the molecule is CCc1nccc(C(F)(F)F)c1-c1cc(F)cc(C(=O)NC[C@@H](NC(=O)OCc2ccccc2)C(=O)OCc2ccccc2)c1. The summed E-state index contributed by atoms with van der Waals surface area (Å²) in [4.78, 5) is 42.6. The molecule has 0 saturated carbocycles. The number of aryl methyl sites for hydroxylation is 1. The monoisotopic (exact) mass is 623 g/mol. The third kappa shape index (κ3) is 9.12. The van der Waals surface area contributed by atoms with Gasteiger partial charge in [0.15, 0.2) is 0 Å². The second kappa shape index (κ2) is 15.0. The number of hydrogen-bond donors (Lipinski definition) is 2. The summed E-state index contributed by atoms with van der Waals surface area (Å²) in [5.41, 5.74) is -0.434. The van der Waals surface area contributed by atoms with Crippen LogP contribution in [0.15, 0.2) is 91.1 Å². The Labute approximate surface area is 256 Å². The van der Waals surface area contributed by atoms with Gasteiger partial charge in [-0.2, -0.15) is 13.2 Å². The predicted octanol–water partition coefficient (Wildman–Crippen LogP) is 6.24. The van der Waals surface area contributed by atoms with E-state index in [0.29, 0.717) is 11.1 Å². The number of aromatic nitrogens is 1. The first-order chi connectivity index (χ1) is 21.5. The van der Waals surface area contributed by atoms with Crippen LogP contribution < -0.4 is 10.6 Å². The zero-order chi connectivity index (χ0) is 32.4. The summed E-state index contributed by atoms with van der Waals surface area (Å²) < 4.78 is 66.7. The van der Waals surface area contributed by atoms with Crippen molar-refractivity contribution in [3.63, 3.8) is 0 Å². The van der Waals surface area contributed by atoms with E-state index in [1.54, 1.807) is 67.6 Å². The van der Waals surface area contributed by atoms with E-state index in [0.717, 1.165) is 30.5 Å². The highest BCUT2D eigenvalue weighted by atomic mass is 19.4. The molecule has 0 aliphatic carbocycles. The van der Waals surface area contributed by atoms with E-state index in [2.05, 4.69) is 15.6 Å². The summed E-state index contributed by atoms with van der Waals surface area (Å²) in [7, 11) is 0. The Kier molecular flexibility index (Phi) is 10.9. The fourth-order valence-corrected chi connectivity index (χ4v) is 4.42. The maximum atomic E-state index is 14.7. The smallest absolute Gasteiger partial charge is 0.417 e. The van der Waals surface area contributed by atoms with Crippen molar-refractivity contribution < 1.29 is 41.4 Å². The van der Waals surface area contributed by atoms with Gasteiger partial charge < -0.3 is 20.1 Å². The molecule has 45 heavy (non-hydrogen) atoms. The molecule has 3 aromatic carbocycles. The molecule has 0 spiro atoms. The Bertz CT molecular complexity index is 1630. The van der Waals surface area contributed by atoms with Crippen molar-refractivity contribution in [2.24, 2.45) is 0 Å². The minimum absolute atomic E-state index is 0.0706. The van der Waals surface area contributed by atoms with Gasteiger partial charge in [-0.25, -0.2) is 14.0 Å². The summed E-state index contributed by atoms with van der Waals surface area (Å²) in [5, 5.41) is 4.78. The lowest BCUT2D eigenvalue weighted by atomic mass is 9.95. The minimum Gasteiger partial charge on any atom is -0.459 e. The fourth-order valence-electron chi connectivity index (χ4n) is 4.42. The average Bonchev–Trinajstić information content (AvgIpc) is 3.04. The Morgan fingerprint density at radius 3 is 2.09 bits per heavy atom. The molecule has 234 valence electrons. The van der Waals surface area contributed by atoms with Crippen LogP contribution in [0.1, 0.15) is 39.7 Å². The molecular formula is C33H29F4N3O5. The number of halogens is 4. The number of carbonyl (C=O) groups excluding carboxylic acids is 3. The summed E-state index contributed by atoms with van der Waals surface area (Å²) in [5.74, 6) is -2.77.